The van der Waals surface area contributed by atoms with E-state index in [1.165, 1.54) is 0 Å². The van der Waals surface area contributed by atoms with Crippen molar-refractivity contribution in [1.29, 1.82) is 0 Å². The normalized spacial score (nSPS) is 28.8. The molecule has 0 spiro atoms. The molecule has 2 heteroatoms. The highest BCUT2D eigenvalue weighted by atomic mass is 16.5. The fourth-order valence-electron chi connectivity index (χ4n) is 1.55. The SMILES string of the molecule is [2H]C([2H])([2H])[C@@H]1COC(C(C)C)=[N+]1C(C)C. The lowest BCUT2D eigenvalue weighted by atomic mass is 10.2. The maximum Gasteiger partial charge on any atom is 0.339 e. The van der Waals surface area contributed by atoms with Crippen molar-refractivity contribution in [3.63, 3.8) is 0 Å². The number of ether oxygens (including phenoxy) is 1. The van der Waals surface area contributed by atoms with Gasteiger partial charge in [-0.25, -0.2) is 0 Å². The second-order valence-electron chi connectivity index (χ2n) is 3.82. The smallest absolute Gasteiger partial charge is 0.339 e. The summed E-state index contributed by atoms with van der Waals surface area (Å²) in [6, 6.07) is -0.328. The van der Waals surface area contributed by atoms with Gasteiger partial charge in [-0.2, -0.15) is 4.58 Å². The molecular formula is C10H20NO+. The summed E-state index contributed by atoms with van der Waals surface area (Å²) in [7, 11) is 0. The van der Waals surface area contributed by atoms with E-state index >= 15 is 0 Å². The second-order valence-corrected chi connectivity index (χ2v) is 3.82. The summed E-state index contributed by atoms with van der Waals surface area (Å²) >= 11 is 0. The van der Waals surface area contributed by atoms with E-state index in [4.69, 9.17) is 8.85 Å². The Kier molecular flexibility index (Phi) is 1.73. The molecule has 0 N–H and O–H groups in total. The van der Waals surface area contributed by atoms with E-state index in [0.29, 0.717) is 0 Å². The first kappa shape index (κ1) is 6.01. The van der Waals surface area contributed by atoms with Gasteiger partial charge in [-0.1, -0.05) is 0 Å². The average Bonchev–Trinajstić information content (AvgIpc) is 2.45. The minimum Gasteiger partial charge on any atom is -0.441 e. The number of hydrogen-bond donors (Lipinski definition) is 0. The summed E-state index contributed by atoms with van der Waals surface area (Å²) in [6.45, 7) is 6.34. The van der Waals surface area contributed by atoms with Gasteiger partial charge in [0.1, 0.15) is 0 Å². The summed E-state index contributed by atoms with van der Waals surface area (Å²) in [5.74, 6) is 1.05. The quantitative estimate of drug-likeness (QED) is 0.581. The Hall–Kier alpha value is -0.530. The van der Waals surface area contributed by atoms with Gasteiger partial charge in [-0.3, -0.25) is 0 Å². The van der Waals surface area contributed by atoms with Crippen molar-refractivity contribution >= 4 is 5.90 Å². The van der Waals surface area contributed by atoms with Crippen LogP contribution in [-0.2, 0) is 4.74 Å². The minimum absolute atomic E-state index is 0.162. The van der Waals surface area contributed by atoms with E-state index in [0.717, 1.165) is 5.90 Å². The first-order valence-corrected chi connectivity index (χ1v) is 4.53. The molecule has 0 amide bonds. The molecule has 0 fully saturated rings. The van der Waals surface area contributed by atoms with Crippen molar-refractivity contribution in [2.45, 2.75) is 46.6 Å². The zero-order valence-corrected chi connectivity index (χ0v) is 8.29. The highest BCUT2D eigenvalue weighted by molar-refractivity contribution is 5.73. The van der Waals surface area contributed by atoms with Crippen LogP contribution in [0.5, 0.6) is 0 Å². The number of nitrogens with zero attached hydrogens (tertiary/aromatic N) is 1. The molecule has 0 saturated heterocycles. The summed E-state index contributed by atoms with van der Waals surface area (Å²) < 4.78 is 29.9. The lowest BCUT2D eigenvalue weighted by Crippen LogP contribution is -2.31. The van der Waals surface area contributed by atoms with E-state index < -0.39 is 12.9 Å². The van der Waals surface area contributed by atoms with Gasteiger partial charge >= 0.3 is 5.90 Å². The standard InChI is InChI=1S/C10H20NO/c1-7(2)10-11(8(3)4)9(5)6-12-10/h7-9H,6H2,1-5H3/q+1/t9-/m1/s1/i5D3. The Labute approximate surface area is 79.5 Å². The van der Waals surface area contributed by atoms with Crippen LogP contribution in [0.2, 0.25) is 0 Å². The fraction of sp³-hybridized carbons (Fsp3) is 0.900. The predicted molar refractivity (Wildman–Crippen MR) is 50.7 cm³/mol. The first-order chi connectivity index (χ1) is 6.75. The zero-order valence-electron chi connectivity index (χ0n) is 11.3. The molecule has 0 unspecified atom stereocenters. The Bertz CT molecular complexity index is 268. The number of hydrogen-bond acceptors (Lipinski definition) is 1. The lowest BCUT2D eigenvalue weighted by molar-refractivity contribution is -0.583. The second kappa shape index (κ2) is 3.46. The van der Waals surface area contributed by atoms with Crippen molar-refractivity contribution in [3.8, 4) is 0 Å². The Balaban J connectivity index is 3.06. The summed E-state index contributed by atoms with van der Waals surface area (Å²) in [5, 5.41) is 0. The van der Waals surface area contributed by atoms with Gasteiger partial charge < -0.3 is 4.74 Å². The van der Waals surface area contributed by atoms with Gasteiger partial charge in [0.05, 0.1) is 5.92 Å². The molecule has 1 aliphatic heterocycles. The third kappa shape index (κ3) is 1.62. The number of rotatable bonds is 2. The largest absolute Gasteiger partial charge is 0.441 e. The third-order valence-electron chi connectivity index (χ3n) is 2.03. The van der Waals surface area contributed by atoms with E-state index in [9.17, 15) is 0 Å². The molecule has 2 nitrogen and oxygen atoms in total. The van der Waals surface area contributed by atoms with Gasteiger partial charge in [0.15, 0.2) is 18.7 Å². The molecule has 0 radical (unpaired) electrons. The molecule has 0 aromatic carbocycles. The average molecular weight is 173 g/mol. The van der Waals surface area contributed by atoms with Crippen LogP contribution in [0.3, 0.4) is 0 Å². The van der Waals surface area contributed by atoms with Gasteiger partial charge in [0, 0.05) is 11.0 Å². The van der Waals surface area contributed by atoms with Crippen molar-refractivity contribution in [2.75, 3.05) is 6.61 Å². The van der Waals surface area contributed by atoms with Crippen molar-refractivity contribution < 1.29 is 13.4 Å². The highest BCUT2D eigenvalue weighted by Crippen LogP contribution is 2.13. The van der Waals surface area contributed by atoms with Gasteiger partial charge in [-0.15, -0.1) is 0 Å². The monoisotopic (exact) mass is 173 g/mol. The maximum absolute atomic E-state index is 7.48. The molecule has 70 valence electrons. The zero-order chi connectivity index (χ0) is 11.8. The Morgan fingerprint density at radius 3 is 2.58 bits per heavy atom. The Morgan fingerprint density at radius 1 is 1.50 bits per heavy atom. The Morgan fingerprint density at radius 2 is 2.17 bits per heavy atom. The molecule has 0 bridgehead atoms. The van der Waals surface area contributed by atoms with Gasteiger partial charge in [0.2, 0.25) is 0 Å². The van der Waals surface area contributed by atoms with E-state index in [-0.39, 0.29) is 18.6 Å². The predicted octanol–water partition coefficient (Wildman–Crippen LogP) is 1.88. The van der Waals surface area contributed by atoms with Crippen LogP contribution < -0.4 is 0 Å². The lowest BCUT2D eigenvalue weighted by Gasteiger charge is -2.08. The molecule has 0 aromatic rings. The van der Waals surface area contributed by atoms with Crippen molar-refractivity contribution in [3.05, 3.63) is 0 Å². The van der Waals surface area contributed by atoms with Crippen LogP contribution in [0.4, 0.5) is 0 Å². The van der Waals surface area contributed by atoms with E-state index in [2.05, 4.69) is 0 Å². The molecular weight excluding hydrogens is 150 g/mol. The van der Waals surface area contributed by atoms with E-state index in [1.54, 1.807) is 0 Å². The summed E-state index contributed by atoms with van der Waals surface area (Å²) in [6.07, 6.45) is 0. The van der Waals surface area contributed by atoms with Crippen molar-refractivity contribution in [2.24, 2.45) is 5.92 Å². The minimum atomic E-state index is -1.97. The van der Waals surface area contributed by atoms with Crippen LogP contribution in [0.1, 0.15) is 38.7 Å². The molecule has 1 heterocycles. The fourth-order valence-corrected chi connectivity index (χ4v) is 1.55. The van der Waals surface area contributed by atoms with Crippen LogP contribution in [0.25, 0.3) is 0 Å². The van der Waals surface area contributed by atoms with Crippen molar-refractivity contribution in [1.82, 2.24) is 0 Å². The van der Waals surface area contributed by atoms with Crippen LogP contribution in [0.15, 0.2) is 0 Å². The van der Waals surface area contributed by atoms with Gasteiger partial charge in [-0.05, 0) is 27.7 Å². The topological polar surface area (TPSA) is 12.2 Å². The van der Waals surface area contributed by atoms with Crippen LogP contribution >= 0.6 is 0 Å². The highest BCUT2D eigenvalue weighted by Gasteiger charge is 2.34. The maximum atomic E-state index is 7.48. The summed E-state index contributed by atoms with van der Waals surface area (Å²) in [4.78, 5) is 0. The molecule has 1 aliphatic rings. The molecule has 0 aromatic heterocycles. The molecule has 1 atom stereocenters. The van der Waals surface area contributed by atoms with Gasteiger partial charge in [0.25, 0.3) is 0 Å². The third-order valence-corrected chi connectivity index (χ3v) is 2.03. The van der Waals surface area contributed by atoms with Crippen LogP contribution in [-0.4, -0.2) is 29.2 Å². The summed E-state index contributed by atoms with van der Waals surface area (Å²) in [5.41, 5.74) is 0. The molecule has 12 heavy (non-hydrogen) atoms. The molecule has 0 saturated carbocycles. The van der Waals surface area contributed by atoms with E-state index in [1.807, 2.05) is 32.3 Å². The molecule has 0 aliphatic carbocycles. The van der Waals surface area contributed by atoms with Crippen LogP contribution in [0, 0.1) is 5.92 Å². The first-order valence-electron chi connectivity index (χ1n) is 6.03. The molecule has 1 rings (SSSR count).